The number of amides is 1. The van der Waals surface area contributed by atoms with Crippen LogP contribution in [0.15, 0.2) is 28.3 Å². The van der Waals surface area contributed by atoms with Gasteiger partial charge in [-0.2, -0.15) is 0 Å². The molecule has 0 radical (unpaired) electrons. The Bertz CT molecular complexity index is 889. The second-order valence-electron chi connectivity index (χ2n) is 6.29. The number of aromatic amines is 2. The lowest BCUT2D eigenvalue weighted by Gasteiger charge is -2.15. The Balaban J connectivity index is 1.66. The van der Waals surface area contributed by atoms with Gasteiger partial charge < -0.3 is 25.3 Å². The number of carbonyl (C=O) groups excluding carboxylic acids is 1. The third kappa shape index (κ3) is 4.51. The van der Waals surface area contributed by atoms with Crippen molar-refractivity contribution in [2.24, 2.45) is 0 Å². The van der Waals surface area contributed by atoms with E-state index in [-0.39, 0.29) is 30.9 Å². The van der Waals surface area contributed by atoms with E-state index in [4.69, 9.17) is 9.84 Å². The monoisotopic (exact) mass is 379 g/mol. The molecule has 1 amide bonds. The Labute approximate surface area is 153 Å². The van der Waals surface area contributed by atoms with Crippen molar-refractivity contribution >= 4 is 5.91 Å². The summed E-state index contributed by atoms with van der Waals surface area (Å²) in [5, 5.41) is 21.7. The molecular weight excluding hydrogens is 358 g/mol. The van der Waals surface area contributed by atoms with Crippen molar-refractivity contribution in [2.75, 3.05) is 13.2 Å². The fourth-order valence-corrected chi connectivity index (χ4v) is 2.91. The molecule has 0 unspecified atom stereocenters. The van der Waals surface area contributed by atoms with Crippen molar-refractivity contribution in [1.82, 2.24) is 24.8 Å². The Kier molecular flexibility index (Phi) is 5.84. The maximum atomic E-state index is 12.1. The summed E-state index contributed by atoms with van der Waals surface area (Å²) in [6.45, 7) is -0.0178. The smallest absolute Gasteiger partial charge is 0.330 e. The molecule has 1 aliphatic rings. The van der Waals surface area contributed by atoms with E-state index < -0.39 is 29.7 Å². The first-order valence-electron chi connectivity index (χ1n) is 8.50. The van der Waals surface area contributed by atoms with Crippen LogP contribution in [0.4, 0.5) is 0 Å². The lowest BCUT2D eigenvalue weighted by atomic mass is 10.2. The zero-order valence-corrected chi connectivity index (χ0v) is 14.4. The molecule has 11 nitrogen and oxygen atoms in total. The Morgan fingerprint density at radius 3 is 2.93 bits per heavy atom. The second kappa shape index (κ2) is 8.29. The highest BCUT2D eigenvalue weighted by Crippen LogP contribution is 2.27. The number of imidazole rings is 1. The van der Waals surface area contributed by atoms with Crippen molar-refractivity contribution in [2.45, 2.75) is 37.7 Å². The van der Waals surface area contributed by atoms with E-state index in [1.165, 1.54) is 6.20 Å². The minimum absolute atomic E-state index is 0.0903. The maximum Gasteiger partial charge on any atom is 0.330 e. The summed E-state index contributed by atoms with van der Waals surface area (Å²) in [5.74, 6) is -0.370. The third-order valence-electron chi connectivity index (χ3n) is 4.36. The van der Waals surface area contributed by atoms with Gasteiger partial charge in [0.25, 0.3) is 5.56 Å². The Morgan fingerprint density at radius 2 is 2.26 bits per heavy atom. The molecule has 3 heterocycles. The fourth-order valence-electron chi connectivity index (χ4n) is 2.91. The summed E-state index contributed by atoms with van der Waals surface area (Å²) in [4.78, 5) is 45.1. The van der Waals surface area contributed by atoms with Crippen molar-refractivity contribution in [3.05, 3.63) is 50.8 Å². The number of hydrogen-bond donors (Lipinski definition) is 5. The SMILES string of the molecule is O=C(Cc1cn([C@H]2C[C@H](O)[C@@H](CO)O2)c(=O)[nH]c1=O)NCCc1cnc[nH]1. The van der Waals surface area contributed by atoms with Crippen LogP contribution in [0, 0.1) is 0 Å². The third-order valence-corrected chi connectivity index (χ3v) is 4.36. The van der Waals surface area contributed by atoms with Gasteiger partial charge in [0.15, 0.2) is 0 Å². The topological polar surface area (TPSA) is 162 Å². The van der Waals surface area contributed by atoms with E-state index in [9.17, 15) is 19.5 Å². The van der Waals surface area contributed by atoms with Gasteiger partial charge in [-0.05, 0) is 0 Å². The predicted octanol–water partition coefficient (Wildman–Crippen LogP) is -2.20. The number of hydrogen-bond acceptors (Lipinski definition) is 7. The highest BCUT2D eigenvalue weighted by atomic mass is 16.5. The van der Waals surface area contributed by atoms with Crippen LogP contribution >= 0.6 is 0 Å². The zero-order valence-electron chi connectivity index (χ0n) is 14.4. The molecule has 1 saturated heterocycles. The zero-order chi connectivity index (χ0) is 19.4. The number of aromatic nitrogens is 4. The van der Waals surface area contributed by atoms with E-state index in [0.29, 0.717) is 13.0 Å². The minimum Gasteiger partial charge on any atom is -0.394 e. The maximum absolute atomic E-state index is 12.1. The molecule has 3 rings (SSSR count). The average Bonchev–Trinajstić information content (AvgIpc) is 3.26. The fraction of sp³-hybridized carbons (Fsp3) is 0.500. The summed E-state index contributed by atoms with van der Waals surface area (Å²) >= 11 is 0. The van der Waals surface area contributed by atoms with E-state index in [1.807, 2.05) is 0 Å². The van der Waals surface area contributed by atoms with Gasteiger partial charge in [-0.3, -0.25) is 19.1 Å². The summed E-state index contributed by atoms with van der Waals surface area (Å²) in [6, 6.07) is 0. The van der Waals surface area contributed by atoms with Gasteiger partial charge in [-0.15, -0.1) is 0 Å². The van der Waals surface area contributed by atoms with Gasteiger partial charge in [-0.25, -0.2) is 9.78 Å². The van der Waals surface area contributed by atoms with Crippen LogP contribution in [-0.4, -0.2) is 61.0 Å². The number of H-pyrrole nitrogens is 2. The summed E-state index contributed by atoms with van der Waals surface area (Å²) in [6.07, 6.45) is 2.35. The molecule has 1 fully saturated rings. The number of aliphatic hydroxyl groups excluding tert-OH is 2. The molecule has 5 N–H and O–H groups in total. The number of rotatable bonds is 7. The number of ether oxygens (including phenoxy) is 1. The predicted molar refractivity (Wildman–Crippen MR) is 91.9 cm³/mol. The molecule has 2 aromatic rings. The van der Waals surface area contributed by atoms with E-state index in [2.05, 4.69) is 20.3 Å². The second-order valence-corrected chi connectivity index (χ2v) is 6.29. The van der Waals surface area contributed by atoms with Crippen molar-refractivity contribution in [3.8, 4) is 0 Å². The van der Waals surface area contributed by atoms with Crippen LogP contribution in [0.2, 0.25) is 0 Å². The molecule has 0 saturated carbocycles. The van der Waals surface area contributed by atoms with Gasteiger partial charge in [0.05, 0.1) is 25.5 Å². The highest BCUT2D eigenvalue weighted by Gasteiger charge is 2.35. The number of carbonyl (C=O) groups is 1. The first kappa shape index (κ1) is 19.0. The molecule has 0 bridgehead atoms. The molecular formula is C16H21N5O6. The van der Waals surface area contributed by atoms with Gasteiger partial charge in [0, 0.05) is 43.0 Å². The molecule has 0 aromatic carbocycles. The van der Waals surface area contributed by atoms with Crippen LogP contribution in [0.25, 0.3) is 0 Å². The first-order valence-corrected chi connectivity index (χ1v) is 8.50. The van der Waals surface area contributed by atoms with Crippen LogP contribution in [0.1, 0.15) is 23.9 Å². The molecule has 3 atom stereocenters. The molecule has 11 heteroatoms. The van der Waals surface area contributed by atoms with Crippen LogP contribution in [0.3, 0.4) is 0 Å². The average molecular weight is 379 g/mol. The lowest BCUT2D eigenvalue weighted by molar-refractivity contribution is -0.120. The number of nitrogens with one attached hydrogen (secondary N) is 3. The van der Waals surface area contributed by atoms with E-state index in [0.717, 1.165) is 10.3 Å². The number of nitrogens with zero attached hydrogens (tertiary/aromatic N) is 2. The quantitative estimate of drug-likeness (QED) is 0.364. The van der Waals surface area contributed by atoms with Crippen molar-refractivity contribution in [3.63, 3.8) is 0 Å². The first-order chi connectivity index (χ1) is 13.0. The van der Waals surface area contributed by atoms with Gasteiger partial charge >= 0.3 is 5.69 Å². The largest absolute Gasteiger partial charge is 0.394 e. The Hall–Kier alpha value is -2.76. The van der Waals surface area contributed by atoms with Crippen LogP contribution in [0.5, 0.6) is 0 Å². The lowest BCUT2D eigenvalue weighted by Crippen LogP contribution is -2.36. The van der Waals surface area contributed by atoms with Crippen LogP contribution in [-0.2, 0) is 22.4 Å². The molecule has 146 valence electrons. The standard InChI is InChI=1S/C16H21N5O6/c22-7-12-11(23)4-14(27-12)21-6-9(15(25)20-16(21)26)3-13(24)18-2-1-10-5-17-8-19-10/h5-6,8,11-12,14,22-23H,1-4,7H2,(H,17,19)(H,18,24)(H,20,25,26)/t11-,12+,14+/m0/s1. The van der Waals surface area contributed by atoms with Crippen LogP contribution < -0.4 is 16.6 Å². The number of aliphatic hydroxyl groups is 2. The van der Waals surface area contributed by atoms with Gasteiger partial charge in [0.1, 0.15) is 12.3 Å². The molecule has 27 heavy (non-hydrogen) atoms. The van der Waals surface area contributed by atoms with Gasteiger partial charge in [-0.1, -0.05) is 0 Å². The Morgan fingerprint density at radius 1 is 1.44 bits per heavy atom. The van der Waals surface area contributed by atoms with Gasteiger partial charge in [0.2, 0.25) is 5.91 Å². The van der Waals surface area contributed by atoms with E-state index in [1.54, 1.807) is 12.5 Å². The summed E-state index contributed by atoms with van der Waals surface area (Å²) in [7, 11) is 0. The molecule has 0 spiro atoms. The van der Waals surface area contributed by atoms with Crippen molar-refractivity contribution in [1.29, 1.82) is 0 Å². The van der Waals surface area contributed by atoms with Crippen molar-refractivity contribution < 1.29 is 19.7 Å². The minimum atomic E-state index is -0.923. The molecule has 2 aromatic heterocycles. The summed E-state index contributed by atoms with van der Waals surface area (Å²) < 4.78 is 6.55. The normalized spacial score (nSPS) is 22.1. The van der Waals surface area contributed by atoms with E-state index >= 15 is 0 Å². The molecule has 1 aliphatic heterocycles. The summed E-state index contributed by atoms with van der Waals surface area (Å²) in [5.41, 5.74) is -0.396. The molecule has 0 aliphatic carbocycles. The highest BCUT2D eigenvalue weighted by molar-refractivity contribution is 5.78.